The number of benzene rings is 1. The van der Waals surface area contributed by atoms with E-state index in [1.165, 1.54) is 12.8 Å². The molecule has 0 aromatic heterocycles. The van der Waals surface area contributed by atoms with E-state index in [1.54, 1.807) is 12.1 Å². The van der Waals surface area contributed by atoms with Crippen LogP contribution in [0.2, 0.25) is 0 Å². The van der Waals surface area contributed by atoms with Gasteiger partial charge in [-0.05, 0) is 53.6 Å². The van der Waals surface area contributed by atoms with Crippen molar-refractivity contribution in [1.82, 2.24) is 0 Å². The number of hydrogen-bond donors (Lipinski definition) is 0. The van der Waals surface area contributed by atoms with Crippen LogP contribution in [0.5, 0.6) is 0 Å². The Morgan fingerprint density at radius 3 is 2.46 bits per heavy atom. The molecule has 2 rings (SSSR count). The van der Waals surface area contributed by atoms with Crippen LogP contribution in [-0.2, 0) is 0 Å². The summed E-state index contributed by atoms with van der Waals surface area (Å²) in [6, 6.07) is 5.21. The van der Waals surface area contributed by atoms with Gasteiger partial charge in [0, 0.05) is 22.3 Å². The van der Waals surface area contributed by atoms with Crippen molar-refractivity contribution in [3.63, 3.8) is 0 Å². The van der Waals surface area contributed by atoms with Crippen LogP contribution in [0.15, 0.2) is 18.2 Å². The third-order valence-corrected chi connectivity index (χ3v) is 2.94. The van der Waals surface area contributed by atoms with E-state index in [0.29, 0.717) is 0 Å². The highest BCUT2D eigenvalue weighted by molar-refractivity contribution is 14.1. The second-order valence-corrected chi connectivity index (χ2v) is 4.57. The Morgan fingerprint density at radius 1 is 1.15 bits per heavy atom. The highest BCUT2D eigenvalue weighted by Gasteiger charge is 2.13. The molecule has 0 radical (unpaired) electrons. The van der Waals surface area contributed by atoms with Gasteiger partial charge in [0.1, 0.15) is 5.82 Å². The first-order valence-corrected chi connectivity index (χ1v) is 5.54. The molecule has 1 aromatic rings. The zero-order chi connectivity index (χ0) is 9.26. The Morgan fingerprint density at radius 2 is 1.85 bits per heavy atom. The number of anilines is 1. The Labute approximate surface area is 91.1 Å². The van der Waals surface area contributed by atoms with E-state index in [0.717, 1.165) is 22.3 Å². The van der Waals surface area contributed by atoms with Gasteiger partial charge in [-0.2, -0.15) is 0 Å². The maximum Gasteiger partial charge on any atom is 0.126 e. The summed E-state index contributed by atoms with van der Waals surface area (Å²) in [5.74, 6) is -0.131. The van der Waals surface area contributed by atoms with Gasteiger partial charge in [-0.25, -0.2) is 4.39 Å². The molecule has 0 amide bonds. The number of hydrogen-bond acceptors (Lipinski definition) is 1. The minimum Gasteiger partial charge on any atom is -0.371 e. The molecule has 1 heterocycles. The van der Waals surface area contributed by atoms with Gasteiger partial charge < -0.3 is 4.90 Å². The lowest BCUT2D eigenvalue weighted by atomic mass is 10.3. The number of halogens is 2. The molecule has 0 N–H and O–H groups in total. The number of rotatable bonds is 1. The van der Waals surface area contributed by atoms with E-state index < -0.39 is 0 Å². The maximum absolute atomic E-state index is 13.0. The summed E-state index contributed by atoms with van der Waals surface area (Å²) in [5, 5.41) is 0. The molecule has 13 heavy (non-hydrogen) atoms. The molecule has 1 aliphatic heterocycles. The Balaban J connectivity index is 2.28. The summed E-state index contributed by atoms with van der Waals surface area (Å²) in [5.41, 5.74) is 1.03. The van der Waals surface area contributed by atoms with Gasteiger partial charge in [0.15, 0.2) is 0 Å². The molecule has 0 saturated carbocycles. The molecule has 0 atom stereocenters. The van der Waals surface area contributed by atoms with Gasteiger partial charge >= 0.3 is 0 Å². The number of nitrogens with zero attached hydrogens (tertiary/aromatic N) is 1. The van der Waals surface area contributed by atoms with Gasteiger partial charge in [-0.15, -0.1) is 0 Å². The fourth-order valence-electron chi connectivity index (χ4n) is 1.70. The van der Waals surface area contributed by atoms with Crippen LogP contribution in [0.1, 0.15) is 12.8 Å². The van der Waals surface area contributed by atoms with E-state index in [2.05, 4.69) is 27.5 Å². The van der Waals surface area contributed by atoms with Crippen molar-refractivity contribution in [2.75, 3.05) is 18.0 Å². The minimum absolute atomic E-state index is 0.131. The van der Waals surface area contributed by atoms with E-state index in [1.807, 2.05) is 6.07 Å². The third-order valence-electron chi connectivity index (χ3n) is 2.32. The Kier molecular flexibility index (Phi) is 2.71. The van der Waals surface area contributed by atoms with Crippen molar-refractivity contribution in [2.24, 2.45) is 0 Å². The molecule has 70 valence electrons. The van der Waals surface area contributed by atoms with E-state index in [9.17, 15) is 4.39 Å². The van der Waals surface area contributed by atoms with Gasteiger partial charge in [0.05, 0.1) is 0 Å². The minimum atomic E-state index is -0.131. The lowest BCUT2D eigenvalue weighted by Crippen LogP contribution is -2.17. The van der Waals surface area contributed by atoms with E-state index >= 15 is 0 Å². The lowest BCUT2D eigenvalue weighted by molar-refractivity contribution is 0.626. The predicted molar refractivity (Wildman–Crippen MR) is 60.6 cm³/mol. The molecule has 0 unspecified atom stereocenters. The summed E-state index contributed by atoms with van der Waals surface area (Å²) in [6.07, 6.45) is 2.46. The molecular weight excluding hydrogens is 280 g/mol. The summed E-state index contributed by atoms with van der Waals surface area (Å²) in [7, 11) is 0. The van der Waals surface area contributed by atoms with Gasteiger partial charge in [0.25, 0.3) is 0 Å². The fraction of sp³-hybridized carbons (Fsp3) is 0.400. The molecule has 0 spiro atoms. The van der Waals surface area contributed by atoms with Gasteiger partial charge in [0.2, 0.25) is 0 Å². The second-order valence-electron chi connectivity index (χ2n) is 3.32. The van der Waals surface area contributed by atoms with Crippen LogP contribution >= 0.6 is 22.6 Å². The van der Waals surface area contributed by atoms with Crippen LogP contribution in [0.25, 0.3) is 0 Å². The fourth-order valence-corrected chi connectivity index (χ4v) is 2.31. The van der Waals surface area contributed by atoms with E-state index in [4.69, 9.17) is 0 Å². The van der Waals surface area contributed by atoms with Crippen LogP contribution in [-0.4, -0.2) is 13.1 Å². The SMILES string of the molecule is Fc1cc(I)cc(N2CCCC2)c1. The summed E-state index contributed by atoms with van der Waals surface area (Å²) < 4.78 is 14.0. The van der Waals surface area contributed by atoms with Crippen molar-refractivity contribution < 1.29 is 4.39 Å². The smallest absolute Gasteiger partial charge is 0.126 e. The molecular formula is C10H11FIN. The van der Waals surface area contributed by atoms with Crippen molar-refractivity contribution in [3.05, 3.63) is 27.6 Å². The topological polar surface area (TPSA) is 3.24 Å². The molecule has 1 fully saturated rings. The Bertz CT molecular complexity index is 288. The summed E-state index contributed by atoms with van der Waals surface area (Å²) >= 11 is 2.15. The quantitative estimate of drug-likeness (QED) is 0.719. The van der Waals surface area contributed by atoms with Crippen molar-refractivity contribution in [3.8, 4) is 0 Å². The lowest BCUT2D eigenvalue weighted by Gasteiger charge is -2.17. The zero-order valence-corrected chi connectivity index (χ0v) is 9.42. The molecule has 1 nitrogen and oxygen atoms in total. The highest BCUT2D eigenvalue weighted by Crippen LogP contribution is 2.23. The first kappa shape index (κ1) is 9.24. The first-order valence-electron chi connectivity index (χ1n) is 4.47. The van der Waals surface area contributed by atoms with Crippen LogP contribution in [0.4, 0.5) is 10.1 Å². The standard InChI is InChI=1S/C10H11FIN/c11-8-5-9(12)7-10(6-8)13-3-1-2-4-13/h5-7H,1-4H2. The van der Waals surface area contributed by atoms with Crippen LogP contribution < -0.4 is 4.90 Å². The van der Waals surface area contributed by atoms with Crippen molar-refractivity contribution in [2.45, 2.75) is 12.8 Å². The molecule has 1 saturated heterocycles. The van der Waals surface area contributed by atoms with Crippen LogP contribution in [0.3, 0.4) is 0 Å². The maximum atomic E-state index is 13.0. The molecule has 1 aliphatic rings. The largest absolute Gasteiger partial charge is 0.371 e. The second kappa shape index (κ2) is 3.82. The first-order chi connectivity index (χ1) is 6.25. The zero-order valence-electron chi connectivity index (χ0n) is 7.26. The Hall–Kier alpha value is -0.320. The van der Waals surface area contributed by atoms with Gasteiger partial charge in [-0.1, -0.05) is 0 Å². The molecule has 0 bridgehead atoms. The predicted octanol–water partition coefficient (Wildman–Crippen LogP) is 3.03. The van der Waals surface area contributed by atoms with Gasteiger partial charge in [-0.3, -0.25) is 0 Å². The van der Waals surface area contributed by atoms with Crippen LogP contribution in [0, 0.1) is 9.39 Å². The molecule has 0 aliphatic carbocycles. The van der Waals surface area contributed by atoms with Crippen molar-refractivity contribution in [1.29, 1.82) is 0 Å². The average Bonchev–Trinajstić information content (AvgIpc) is 2.53. The third kappa shape index (κ3) is 2.13. The normalized spacial score (nSPS) is 16.6. The monoisotopic (exact) mass is 291 g/mol. The summed E-state index contributed by atoms with van der Waals surface area (Å²) in [4.78, 5) is 2.24. The van der Waals surface area contributed by atoms with E-state index in [-0.39, 0.29) is 5.82 Å². The highest BCUT2D eigenvalue weighted by atomic mass is 127. The summed E-state index contributed by atoms with van der Waals surface area (Å²) in [6.45, 7) is 2.14. The molecule has 3 heteroatoms. The van der Waals surface area contributed by atoms with Crippen molar-refractivity contribution >= 4 is 28.3 Å². The molecule has 1 aromatic carbocycles. The average molecular weight is 291 g/mol.